The van der Waals surface area contributed by atoms with Crippen molar-refractivity contribution < 1.29 is 4.74 Å². The number of aryl methyl sites for hydroxylation is 1. The minimum atomic E-state index is 0.219. The van der Waals surface area contributed by atoms with E-state index in [1.165, 1.54) is 0 Å². The predicted molar refractivity (Wildman–Crippen MR) is 61.1 cm³/mol. The average molecular weight is 211 g/mol. The fourth-order valence-electron chi connectivity index (χ4n) is 1.29. The number of rotatable bonds is 6. The van der Waals surface area contributed by atoms with E-state index in [1.807, 2.05) is 13.2 Å². The van der Waals surface area contributed by atoms with E-state index < -0.39 is 0 Å². The molecule has 1 N–H and O–H groups in total. The molecule has 1 aromatic heterocycles. The molecule has 0 saturated carbocycles. The number of hydrogen-bond donors (Lipinski definition) is 1. The van der Waals surface area contributed by atoms with Crippen LogP contribution in [0.4, 0.5) is 0 Å². The number of hydrogen-bond acceptors (Lipinski definition) is 3. The Morgan fingerprint density at radius 2 is 2.27 bits per heavy atom. The molecule has 86 valence electrons. The van der Waals surface area contributed by atoms with E-state index in [9.17, 15) is 0 Å². The van der Waals surface area contributed by atoms with Crippen LogP contribution >= 0.6 is 0 Å². The van der Waals surface area contributed by atoms with Crippen molar-refractivity contribution in [3.8, 4) is 5.75 Å². The SMILES string of the molecule is CCC(CNC(C)C)Oc1cnn(C)c1. The highest BCUT2D eigenvalue weighted by atomic mass is 16.5. The summed E-state index contributed by atoms with van der Waals surface area (Å²) in [5.74, 6) is 0.843. The van der Waals surface area contributed by atoms with Crippen LogP contribution in [0.5, 0.6) is 5.75 Å². The Morgan fingerprint density at radius 1 is 1.53 bits per heavy atom. The molecule has 4 nitrogen and oxygen atoms in total. The van der Waals surface area contributed by atoms with Crippen LogP contribution in [0, 0.1) is 0 Å². The van der Waals surface area contributed by atoms with Gasteiger partial charge in [-0.15, -0.1) is 0 Å². The Hall–Kier alpha value is -1.03. The molecule has 1 rings (SSSR count). The normalized spacial score (nSPS) is 13.1. The van der Waals surface area contributed by atoms with Crippen molar-refractivity contribution in [1.29, 1.82) is 0 Å². The minimum Gasteiger partial charge on any atom is -0.486 e. The van der Waals surface area contributed by atoms with Crippen LogP contribution in [0.1, 0.15) is 27.2 Å². The van der Waals surface area contributed by atoms with Gasteiger partial charge in [0.25, 0.3) is 0 Å². The van der Waals surface area contributed by atoms with Crippen LogP contribution in [-0.4, -0.2) is 28.5 Å². The standard InChI is InChI=1S/C11H21N3O/c1-5-10(6-12-9(2)3)15-11-7-13-14(4)8-11/h7-10,12H,5-6H2,1-4H3. The van der Waals surface area contributed by atoms with Gasteiger partial charge in [-0.25, -0.2) is 0 Å². The zero-order valence-corrected chi connectivity index (χ0v) is 10.0. The van der Waals surface area contributed by atoms with Crippen LogP contribution < -0.4 is 10.1 Å². The highest BCUT2D eigenvalue weighted by Gasteiger charge is 2.09. The van der Waals surface area contributed by atoms with Gasteiger partial charge in [0.05, 0.1) is 12.4 Å². The Labute approximate surface area is 91.6 Å². The fourth-order valence-corrected chi connectivity index (χ4v) is 1.29. The van der Waals surface area contributed by atoms with Crippen molar-refractivity contribution in [2.75, 3.05) is 6.54 Å². The highest BCUT2D eigenvalue weighted by Crippen LogP contribution is 2.11. The Bertz CT molecular complexity index is 283. The van der Waals surface area contributed by atoms with E-state index in [0.29, 0.717) is 6.04 Å². The molecule has 1 heterocycles. The van der Waals surface area contributed by atoms with E-state index in [4.69, 9.17) is 4.74 Å². The lowest BCUT2D eigenvalue weighted by Gasteiger charge is -2.18. The summed E-state index contributed by atoms with van der Waals surface area (Å²) in [6, 6.07) is 0.497. The Balaban J connectivity index is 2.39. The molecule has 0 aliphatic rings. The molecule has 0 amide bonds. The van der Waals surface area contributed by atoms with Crippen molar-refractivity contribution >= 4 is 0 Å². The first-order chi connectivity index (χ1) is 7.11. The average Bonchev–Trinajstić information content (AvgIpc) is 2.58. The number of aromatic nitrogens is 2. The lowest BCUT2D eigenvalue weighted by atomic mass is 10.2. The van der Waals surface area contributed by atoms with Gasteiger partial charge in [-0.05, 0) is 6.42 Å². The molecule has 0 saturated heterocycles. The molecular formula is C11H21N3O. The quantitative estimate of drug-likeness (QED) is 0.776. The summed E-state index contributed by atoms with van der Waals surface area (Å²) < 4.78 is 7.54. The van der Waals surface area contributed by atoms with Gasteiger partial charge in [0.15, 0.2) is 5.75 Å². The molecule has 0 aliphatic carbocycles. The molecule has 0 spiro atoms. The van der Waals surface area contributed by atoms with Crippen molar-refractivity contribution in [3.05, 3.63) is 12.4 Å². The van der Waals surface area contributed by atoms with Crippen molar-refractivity contribution in [3.63, 3.8) is 0 Å². The topological polar surface area (TPSA) is 39.1 Å². The van der Waals surface area contributed by atoms with E-state index in [2.05, 4.69) is 31.2 Å². The third-order valence-corrected chi connectivity index (χ3v) is 2.19. The van der Waals surface area contributed by atoms with Gasteiger partial charge in [0, 0.05) is 19.6 Å². The van der Waals surface area contributed by atoms with Crippen molar-refractivity contribution in [1.82, 2.24) is 15.1 Å². The van der Waals surface area contributed by atoms with Crippen LogP contribution in [-0.2, 0) is 7.05 Å². The van der Waals surface area contributed by atoms with Crippen LogP contribution in [0.2, 0.25) is 0 Å². The molecule has 1 atom stereocenters. The highest BCUT2D eigenvalue weighted by molar-refractivity contribution is 5.11. The van der Waals surface area contributed by atoms with Crippen LogP contribution in [0.25, 0.3) is 0 Å². The second-order valence-corrected chi connectivity index (χ2v) is 4.06. The summed E-state index contributed by atoms with van der Waals surface area (Å²) >= 11 is 0. The zero-order valence-electron chi connectivity index (χ0n) is 10.0. The van der Waals surface area contributed by atoms with Gasteiger partial charge in [-0.3, -0.25) is 4.68 Å². The van der Waals surface area contributed by atoms with Crippen LogP contribution in [0.3, 0.4) is 0 Å². The lowest BCUT2D eigenvalue weighted by molar-refractivity contribution is 0.190. The summed E-state index contributed by atoms with van der Waals surface area (Å²) in [6.45, 7) is 7.28. The van der Waals surface area contributed by atoms with Gasteiger partial charge in [-0.2, -0.15) is 5.10 Å². The maximum atomic E-state index is 5.79. The van der Waals surface area contributed by atoms with Gasteiger partial charge >= 0.3 is 0 Å². The fraction of sp³-hybridized carbons (Fsp3) is 0.727. The van der Waals surface area contributed by atoms with Gasteiger partial charge < -0.3 is 10.1 Å². The lowest BCUT2D eigenvalue weighted by Crippen LogP contribution is -2.34. The molecule has 0 fully saturated rings. The maximum Gasteiger partial charge on any atom is 0.157 e. The molecular weight excluding hydrogens is 190 g/mol. The van der Waals surface area contributed by atoms with E-state index in [0.717, 1.165) is 18.7 Å². The van der Waals surface area contributed by atoms with Crippen LogP contribution in [0.15, 0.2) is 12.4 Å². The smallest absolute Gasteiger partial charge is 0.157 e. The molecule has 15 heavy (non-hydrogen) atoms. The van der Waals surface area contributed by atoms with Gasteiger partial charge in [0.2, 0.25) is 0 Å². The number of ether oxygens (including phenoxy) is 1. The summed E-state index contributed by atoms with van der Waals surface area (Å²) in [5, 5.41) is 7.44. The minimum absolute atomic E-state index is 0.219. The first kappa shape index (κ1) is 12.0. The summed E-state index contributed by atoms with van der Waals surface area (Å²) in [5.41, 5.74) is 0. The summed E-state index contributed by atoms with van der Waals surface area (Å²) in [4.78, 5) is 0. The Kier molecular flexibility index (Phi) is 4.62. The van der Waals surface area contributed by atoms with Crippen molar-refractivity contribution in [2.45, 2.75) is 39.3 Å². The second kappa shape index (κ2) is 5.75. The van der Waals surface area contributed by atoms with Crippen molar-refractivity contribution in [2.24, 2.45) is 7.05 Å². The molecule has 0 aromatic carbocycles. The van der Waals surface area contributed by atoms with E-state index >= 15 is 0 Å². The maximum absolute atomic E-state index is 5.79. The first-order valence-corrected chi connectivity index (χ1v) is 5.50. The summed E-state index contributed by atoms with van der Waals surface area (Å²) in [6.07, 6.45) is 4.85. The predicted octanol–water partition coefficient (Wildman–Crippen LogP) is 1.58. The van der Waals surface area contributed by atoms with E-state index in [1.54, 1.807) is 10.9 Å². The largest absolute Gasteiger partial charge is 0.486 e. The molecule has 0 bridgehead atoms. The molecule has 0 radical (unpaired) electrons. The second-order valence-electron chi connectivity index (χ2n) is 4.06. The van der Waals surface area contributed by atoms with Gasteiger partial charge in [0.1, 0.15) is 6.10 Å². The third-order valence-electron chi connectivity index (χ3n) is 2.19. The molecule has 4 heteroatoms. The zero-order chi connectivity index (χ0) is 11.3. The Morgan fingerprint density at radius 3 is 2.73 bits per heavy atom. The summed E-state index contributed by atoms with van der Waals surface area (Å²) in [7, 11) is 1.89. The molecule has 0 aliphatic heterocycles. The van der Waals surface area contributed by atoms with E-state index in [-0.39, 0.29) is 6.10 Å². The number of nitrogens with zero attached hydrogens (tertiary/aromatic N) is 2. The third kappa shape index (κ3) is 4.34. The number of nitrogens with one attached hydrogen (secondary N) is 1. The van der Waals surface area contributed by atoms with Gasteiger partial charge in [-0.1, -0.05) is 20.8 Å². The molecule has 1 unspecified atom stereocenters. The monoisotopic (exact) mass is 211 g/mol. The first-order valence-electron chi connectivity index (χ1n) is 5.50. The molecule has 1 aromatic rings.